The molecule has 0 aliphatic rings. The van der Waals surface area contributed by atoms with E-state index in [4.69, 9.17) is 4.42 Å². The van der Waals surface area contributed by atoms with Crippen molar-refractivity contribution in [3.05, 3.63) is 50.8 Å². The van der Waals surface area contributed by atoms with Gasteiger partial charge in [0, 0.05) is 14.1 Å². The number of fused-ring (bicyclic) bond motifs is 2. The normalized spacial score (nSPS) is 11.4. The van der Waals surface area contributed by atoms with Crippen molar-refractivity contribution in [3.63, 3.8) is 0 Å². The van der Waals surface area contributed by atoms with Crippen molar-refractivity contribution in [3.8, 4) is 0 Å². The van der Waals surface area contributed by atoms with Crippen LogP contribution in [-0.4, -0.2) is 29.8 Å². The third kappa shape index (κ3) is 2.71. The van der Waals surface area contributed by atoms with Crippen LogP contribution >= 0.6 is 0 Å². The van der Waals surface area contributed by atoms with Crippen LogP contribution in [0.25, 0.3) is 22.1 Å². The fraction of sp³-hybridized carbons (Fsp3) is 0.235. The summed E-state index contributed by atoms with van der Waals surface area (Å²) in [4.78, 5) is 40.9. The SMILES string of the molecule is Cc1ccc2nc(NC(=O)Cn3ncc4c3c(=O)n(C)c(=O)n4C)oc2c1. The molecule has 1 aromatic carbocycles. The number of anilines is 1. The van der Waals surface area contributed by atoms with Gasteiger partial charge in [0.25, 0.3) is 5.56 Å². The maximum atomic E-state index is 12.4. The van der Waals surface area contributed by atoms with Crippen molar-refractivity contribution in [2.75, 3.05) is 5.32 Å². The molecule has 0 bridgehead atoms. The van der Waals surface area contributed by atoms with Gasteiger partial charge in [-0.15, -0.1) is 0 Å². The lowest BCUT2D eigenvalue weighted by Gasteiger charge is -2.06. The third-order valence-corrected chi connectivity index (χ3v) is 4.35. The van der Waals surface area contributed by atoms with E-state index >= 15 is 0 Å². The minimum absolute atomic E-state index is 0.0670. The standard InChI is InChI=1S/C17H16N6O4/c1-9-4-5-10-12(6-9)27-16(19-10)20-13(24)8-23-14-11(7-18-23)21(2)17(26)22(3)15(14)25/h4-7H,8H2,1-3H3,(H,19,20,24). The van der Waals surface area contributed by atoms with Gasteiger partial charge in [-0.25, -0.2) is 9.48 Å². The van der Waals surface area contributed by atoms with E-state index in [2.05, 4.69) is 15.4 Å². The molecule has 27 heavy (non-hydrogen) atoms. The van der Waals surface area contributed by atoms with Crippen LogP contribution in [0.4, 0.5) is 6.01 Å². The number of rotatable bonds is 3. The zero-order chi connectivity index (χ0) is 19.3. The van der Waals surface area contributed by atoms with Gasteiger partial charge in [0.2, 0.25) is 5.91 Å². The van der Waals surface area contributed by atoms with Crippen LogP contribution < -0.4 is 16.6 Å². The van der Waals surface area contributed by atoms with Gasteiger partial charge in [0.05, 0.1) is 11.7 Å². The highest BCUT2D eigenvalue weighted by Gasteiger charge is 2.17. The highest BCUT2D eigenvalue weighted by molar-refractivity contribution is 5.90. The molecule has 0 aliphatic heterocycles. The van der Waals surface area contributed by atoms with E-state index in [1.165, 1.54) is 29.5 Å². The Kier molecular flexibility index (Phi) is 3.69. The number of oxazole rings is 1. The van der Waals surface area contributed by atoms with E-state index in [9.17, 15) is 14.4 Å². The Balaban J connectivity index is 1.64. The smallest absolute Gasteiger partial charge is 0.331 e. The van der Waals surface area contributed by atoms with Crippen LogP contribution in [0.15, 0.2) is 38.4 Å². The summed E-state index contributed by atoms with van der Waals surface area (Å²) in [5.41, 5.74) is 1.76. The van der Waals surface area contributed by atoms with Crippen molar-refractivity contribution in [1.29, 1.82) is 0 Å². The van der Waals surface area contributed by atoms with Crippen molar-refractivity contribution >= 4 is 34.1 Å². The Labute approximate surface area is 151 Å². The molecule has 4 aromatic rings. The summed E-state index contributed by atoms with van der Waals surface area (Å²) in [7, 11) is 2.92. The maximum Gasteiger partial charge on any atom is 0.331 e. The first-order valence-corrected chi connectivity index (χ1v) is 8.13. The third-order valence-electron chi connectivity index (χ3n) is 4.35. The van der Waals surface area contributed by atoms with Crippen molar-refractivity contribution < 1.29 is 9.21 Å². The van der Waals surface area contributed by atoms with E-state index in [0.717, 1.165) is 10.1 Å². The number of hydrogen-bond acceptors (Lipinski definition) is 6. The number of nitrogens with one attached hydrogen (secondary N) is 1. The van der Waals surface area contributed by atoms with Gasteiger partial charge in [-0.05, 0) is 24.6 Å². The molecule has 138 valence electrons. The Morgan fingerprint density at radius 2 is 2.00 bits per heavy atom. The topological polar surface area (TPSA) is 117 Å². The van der Waals surface area contributed by atoms with E-state index in [0.29, 0.717) is 16.6 Å². The predicted molar refractivity (Wildman–Crippen MR) is 97.6 cm³/mol. The lowest BCUT2D eigenvalue weighted by atomic mass is 10.2. The number of nitrogens with zero attached hydrogens (tertiary/aromatic N) is 5. The molecule has 0 saturated heterocycles. The first-order chi connectivity index (χ1) is 12.8. The van der Waals surface area contributed by atoms with Crippen LogP contribution in [0.1, 0.15) is 5.56 Å². The largest absolute Gasteiger partial charge is 0.423 e. The summed E-state index contributed by atoms with van der Waals surface area (Å²) in [6.45, 7) is 1.70. The number of carbonyl (C=O) groups is 1. The highest BCUT2D eigenvalue weighted by atomic mass is 16.4. The quantitative estimate of drug-likeness (QED) is 0.563. The number of aromatic nitrogens is 5. The van der Waals surface area contributed by atoms with Crippen molar-refractivity contribution in [1.82, 2.24) is 23.9 Å². The monoisotopic (exact) mass is 368 g/mol. The molecule has 4 rings (SSSR count). The minimum atomic E-state index is -0.518. The Hall–Kier alpha value is -3.69. The van der Waals surface area contributed by atoms with E-state index in [-0.39, 0.29) is 18.1 Å². The first kappa shape index (κ1) is 16.8. The summed E-state index contributed by atoms with van der Waals surface area (Å²) in [6.07, 6.45) is 1.38. The molecule has 0 atom stereocenters. The second kappa shape index (κ2) is 5.94. The molecular formula is C17H16N6O4. The Morgan fingerprint density at radius 3 is 2.78 bits per heavy atom. The Morgan fingerprint density at radius 1 is 1.22 bits per heavy atom. The number of amides is 1. The minimum Gasteiger partial charge on any atom is -0.423 e. The molecule has 0 unspecified atom stereocenters. The van der Waals surface area contributed by atoms with Gasteiger partial charge in [-0.2, -0.15) is 10.1 Å². The zero-order valence-electron chi connectivity index (χ0n) is 14.9. The zero-order valence-corrected chi connectivity index (χ0v) is 14.9. The molecular weight excluding hydrogens is 352 g/mol. The average Bonchev–Trinajstić information content (AvgIpc) is 3.21. The molecule has 1 amide bonds. The molecule has 3 heterocycles. The fourth-order valence-electron chi connectivity index (χ4n) is 2.91. The Bertz CT molecular complexity index is 1320. The molecule has 0 radical (unpaired) electrons. The molecule has 0 spiro atoms. The van der Waals surface area contributed by atoms with Crippen LogP contribution in [0, 0.1) is 6.92 Å². The van der Waals surface area contributed by atoms with E-state index < -0.39 is 17.2 Å². The maximum absolute atomic E-state index is 12.4. The van der Waals surface area contributed by atoms with Crippen molar-refractivity contribution in [2.24, 2.45) is 14.1 Å². The average molecular weight is 368 g/mol. The van der Waals surface area contributed by atoms with Crippen molar-refractivity contribution in [2.45, 2.75) is 13.5 Å². The molecule has 3 aromatic heterocycles. The molecule has 10 heteroatoms. The van der Waals surface area contributed by atoms with Crippen LogP contribution in [0.3, 0.4) is 0 Å². The molecule has 10 nitrogen and oxygen atoms in total. The summed E-state index contributed by atoms with van der Waals surface area (Å²) in [6, 6.07) is 5.59. The number of benzene rings is 1. The van der Waals surface area contributed by atoms with Gasteiger partial charge in [-0.3, -0.25) is 24.0 Å². The van der Waals surface area contributed by atoms with Gasteiger partial charge < -0.3 is 4.42 Å². The van der Waals surface area contributed by atoms with Crippen LogP contribution in [0.2, 0.25) is 0 Å². The second-order valence-corrected chi connectivity index (χ2v) is 6.28. The number of hydrogen-bond donors (Lipinski definition) is 1. The second-order valence-electron chi connectivity index (χ2n) is 6.28. The number of aryl methyl sites for hydroxylation is 2. The molecule has 1 N–H and O–H groups in total. The highest BCUT2D eigenvalue weighted by Crippen LogP contribution is 2.20. The lowest BCUT2D eigenvalue weighted by Crippen LogP contribution is -2.37. The van der Waals surface area contributed by atoms with E-state index in [1.807, 2.05) is 19.1 Å². The fourth-order valence-corrected chi connectivity index (χ4v) is 2.91. The summed E-state index contributed by atoms with van der Waals surface area (Å²) in [5, 5.41) is 6.63. The van der Waals surface area contributed by atoms with Gasteiger partial charge in [-0.1, -0.05) is 6.07 Å². The van der Waals surface area contributed by atoms with Gasteiger partial charge in [0.1, 0.15) is 12.1 Å². The summed E-state index contributed by atoms with van der Waals surface area (Å²) < 4.78 is 9.05. The van der Waals surface area contributed by atoms with Gasteiger partial charge in [0.15, 0.2) is 11.1 Å². The van der Waals surface area contributed by atoms with Crippen LogP contribution in [-0.2, 0) is 25.4 Å². The predicted octanol–water partition coefficient (Wildman–Crippen LogP) is 0.522. The van der Waals surface area contributed by atoms with Gasteiger partial charge >= 0.3 is 11.7 Å². The van der Waals surface area contributed by atoms with E-state index in [1.54, 1.807) is 6.07 Å². The molecule has 0 aliphatic carbocycles. The van der Waals surface area contributed by atoms with Crippen LogP contribution in [0.5, 0.6) is 0 Å². The summed E-state index contributed by atoms with van der Waals surface area (Å²) >= 11 is 0. The first-order valence-electron chi connectivity index (χ1n) is 8.13. The lowest BCUT2D eigenvalue weighted by molar-refractivity contribution is -0.117. The number of carbonyl (C=O) groups excluding carboxylic acids is 1. The molecule has 0 saturated carbocycles. The summed E-state index contributed by atoms with van der Waals surface area (Å²) in [5.74, 6) is -0.459. The molecule has 0 fully saturated rings.